The number of rotatable bonds is 8. The standard InChI is InChI=1S/C19H27N3O4S2/c1-5-6-7-13(2)22(18(27)20-3)17(23)19(10-11-19)14-8-9-16(26-4)15(12-14)21-28(24)25/h8-9,12-13H,5-7,10-11H2,1-4H3,(H,20,27). The number of nitrogens with one attached hydrogen (secondary N) is 1. The Morgan fingerprint density at radius 2 is 2.11 bits per heavy atom. The molecule has 1 aliphatic rings. The zero-order valence-electron chi connectivity index (χ0n) is 16.7. The number of carbonyl (C=O) groups is 1. The van der Waals surface area contributed by atoms with Gasteiger partial charge in [0, 0.05) is 13.1 Å². The normalized spacial score (nSPS) is 15.3. The summed E-state index contributed by atoms with van der Waals surface area (Å²) in [5.74, 6) is 0.282. The summed E-state index contributed by atoms with van der Waals surface area (Å²) in [6.45, 7) is 4.11. The second-order valence-corrected chi connectivity index (χ2v) is 8.00. The van der Waals surface area contributed by atoms with Gasteiger partial charge in [-0.05, 0) is 56.1 Å². The van der Waals surface area contributed by atoms with Gasteiger partial charge in [0.15, 0.2) is 5.11 Å². The van der Waals surface area contributed by atoms with Crippen molar-refractivity contribution < 1.29 is 17.9 Å². The highest BCUT2D eigenvalue weighted by Crippen LogP contribution is 2.51. The van der Waals surface area contributed by atoms with Crippen molar-refractivity contribution in [2.24, 2.45) is 4.36 Å². The number of ether oxygens (including phenoxy) is 1. The largest absolute Gasteiger partial charge is 0.494 e. The molecule has 1 atom stereocenters. The predicted molar refractivity (Wildman–Crippen MR) is 112 cm³/mol. The van der Waals surface area contributed by atoms with E-state index in [1.165, 1.54) is 7.11 Å². The highest BCUT2D eigenvalue weighted by molar-refractivity contribution is 7.80. The first kappa shape index (κ1) is 22.3. The van der Waals surface area contributed by atoms with Crippen LogP contribution < -0.4 is 10.1 Å². The van der Waals surface area contributed by atoms with Crippen molar-refractivity contribution in [3.05, 3.63) is 23.8 Å². The van der Waals surface area contributed by atoms with Gasteiger partial charge in [-0.2, -0.15) is 8.42 Å². The van der Waals surface area contributed by atoms with Gasteiger partial charge in [-0.1, -0.05) is 25.8 Å². The molecule has 1 N–H and O–H groups in total. The number of methoxy groups -OCH3 is 1. The SMILES string of the molecule is CCCCC(C)N(C(=O)C1(c2ccc(OC)c(N=S(=O)=O)c2)CC1)C(=S)NC. The number of hydrogen-bond acceptors (Lipinski definition) is 6. The minimum atomic E-state index is -2.61. The van der Waals surface area contributed by atoms with Gasteiger partial charge in [0.2, 0.25) is 5.91 Å². The van der Waals surface area contributed by atoms with Crippen molar-refractivity contribution in [2.75, 3.05) is 14.2 Å². The molecule has 0 radical (unpaired) electrons. The molecule has 1 aliphatic carbocycles. The van der Waals surface area contributed by atoms with Crippen LogP contribution in [0.1, 0.15) is 51.5 Å². The molecule has 0 aliphatic heterocycles. The van der Waals surface area contributed by atoms with Crippen molar-refractivity contribution in [1.82, 2.24) is 10.2 Å². The number of carbonyl (C=O) groups excluding carboxylic acids is 1. The summed E-state index contributed by atoms with van der Waals surface area (Å²) in [4.78, 5) is 15.2. The van der Waals surface area contributed by atoms with Crippen LogP contribution in [0.25, 0.3) is 0 Å². The molecule has 1 saturated carbocycles. The molecule has 1 amide bonds. The van der Waals surface area contributed by atoms with E-state index < -0.39 is 15.9 Å². The fourth-order valence-corrected chi connectivity index (χ4v) is 3.93. The van der Waals surface area contributed by atoms with Crippen LogP contribution >= 0.6 is 12.2 Å². The Balaban J connectivity index is 2.43. The van der Waals surface area contributed by atoms with Crippen LogP contribution in [-0.4, -0.2) is 44.5 Å². The molecule has 28 heavy (non-hydrogen) atoms. The first-order valence-electron chi connectivity index (χ1n) is 9.35. The lowest BCUT2D eigenvalue weighted by molar-refractivity contribution is -0.131. The third kappa shape index (κ3) is 4.70. The Kier molecular flexibility index (Phi) is 7.54. The molecule has 1 unspecified atom stereocenters. The molecule has 154 valence electrons. The quantitative estimate of drug-likeness (QED) is 0.643. The first-order valence-corrected chi connectivity index (χ1v) is 10.8. The average molecular weight is 426 g/mol. The average Bonchev–Trinajstić information content (AvgIpc) is 3.47. The lowest BCUT2D eigenvalue weighted by Gasteiger charge is -2.33. The Bertz CT molecular complexity index is 871. The number of thiocarbonyl (C=S) groups is 1. The molecule has 0 heterocycles. The van der Waals surface area contributed by atoms with Crippen LogP contribution in [0.3, 0.4) is 0 Å². The van der Waals surface area contributed by atoms with Crippen LogP contribution in [0.2, 0.25) is 0 Å². The number of hydrogen-bond donors (Lipinski definition) is 1. The summed E-state index contributed by atoms with van der Waals surface area (Å²) in [5, 5.41) is 3.33. The van der Waals surface area contributed by atoms with Gasteiger partial charge in [-0.15, -0.1) is 4.36 Å². The zero-order valence-corrected chi connectivity index (χ0v) is 18.3. The highest BCUT2D eigenvalue weighted by atomic mass is 32.2. The molecule has 7 nitrogen and oxygen atoms in total. The predicted octanol–water partition coefficient (Wildman–Crippen LogP) is 3.33. The maximum absolute atomic E-state index is 13.5. The summed E-state index contributed by atoms with van der Waals surface area (Å²) < 4.78 is 30.9. The van der Waals surface area contributed by atoms with Gasteiger partial charge in [-0.3, -0.25) is 9.69 Å². The Morgan fingerprint density at radius 1 is 1.43 bits per heavy atom. The van der Waals surface area contributed by atoms with Gasteiger partial charge in [0.1, 0.15) is 11.4 Å². The molecular formula is C19H27N3O4S2. The van der Waals surface area contributed by atoms with E-state index in [4.69, 9.17) is 17.0 Å². The first-order chi connectivity index (χ1) is 13.3. The molecule has 2 rings (SSSR count). The fraction of sp³-hybridized carbons (Fsp3) is 0.579. The molecule has 1 aromatic carbocycles. The molecule has 0 saturated heterocycles. The van der Waals surface area contributed by atoms with E-state index in [0.717, 1.165) is 24.8 Å². The molecule has 1 aromatic rings. The Hall–Kier alpha value is -2.00. The lowest BCUT2D eigenvalue weighted by Crippen LogP contribution is -2.51. The molecule has 9 heteroatoms. The maximum Gasteiger partial charge on any atom is 0.316 e. The minimum absolute atomic E-state index is 0.0265. The van der Waals surface area contributed by atoms with E-state index in [2.05, 4.69) is 16.6 Å². The van der Waals surface area contributed by atoms with Crippen molar-refractivity contribution in [1.29, 1.82) is 0 Å². The summed E-state index contributed by atoms with van der Waals surface area (Å²) in [6.07, 6.45) is 4.27. The van der Waals surface area contributed by atoms with E-state index in [0.29, 0.717) is 23.7 Å². The number of amides is 1. The van der Waals surface area contributed by atoms with E-state index in [1.807, 2.05) is 6.92 Å². The maximum atomic E-state index is 13.5. The van der Waals surface area contributed by atoms with Crippen LogP contribution in [0, 0.1) is 0 Å². The number of unbranched alkanes of at least 4 members (excludes halogenated alkanes) is 1. The molecule has 0 spiro atoms. The minimum Gasteiger partial charge on any atom is -0.494 e. The molecule has 0 aromatic heterocycles. The Morgan fingerprint density at radius 3 is 2.61 bits per heavy atom. The smallest absolute Gasteiger partial charge is 0.316 e. The highest BCUT2D eigenvalue weighted by Gasteiger charge is 2.54. The van der Waals surface area contributed by atoms with E-state index in [-0.39, 0.29) is 17.6 Å². The van der Waals surface area contributed by atoms with Gasteiger partial charge in [0.05, 0.1) is 12.5 Å². The van der Waals surface area contributed by atoms with Gasteiger partial charge >= 0.3 is 10.5 Å². The summed E-state index contributed by atoms with van der Waals surface area (Å²) in [5.41, 5.74) is 0.214. The molecule has 0 bridgehead atoms. The van der Waals surface area contributed by atoms with Crippen molar-refractivity contribution >= 4 is 39.4 Å². The number of benzene rings is 1. The van der Waals surface area contributed by atoms with Gasteiger partial charge < -0.3 is 10.1 Å². The summed E-state index contributed by atoms with van der Waals surface area (Å²) in [7, 11) is 0.544. The van der Waals surface area contributed by atoms with Crippen LogP contribution in [0.5, 0.6) is 5.75 Å². The Labute approximate surface area is 173 Å². The van der Waals surface area contributed by atoms with Gasteiger partial charge in [0.25, 0.3) is 0 Å². The lowest BCUT2D eigenvalue weighted by atomic mass is 9.92. The fourth-order valence-electron chi connectivity index (χ4n) is 3.36. The molecule has 1 fully saturated rings. The van der Waals surface area contributed by atoms with Crippen molar-refractivity contribution in [3.63, 3.8) is 0 Å². The number of nitrogens with zero attached hydrogens (tertiary/aromatic N) is 2. The van der Waals surface area contributed by atoms with Crippen LogP contribution in [0.15, 0.2) is 22.6 Å². The monoisotopic (exact) mass is 425 g/mol. The zero-order chi connectivity index (χ0) is 20.9. The van der Waals surface area contributed by atoms with Crippen molar-refractivity contribution in [3.8, 4) is 5.75 Å². The topological polar surface area (TPSA) is 88.1 Å². The van der Waals surface area contributed by atoms with E-state index in [9.17, 15) is 13.2 Å². The summed E-state index contributed by atoms with van der Waals surface area (Å²) in [6, 6.07) is 5.04. The van der Waals surface area contributed by atoms with Gasteiger partial charge in [-0.25, -0.2) is 0 Å². The summed E-state index contributed by atoms with van der Waals surface area (Å²) >= 11 is 5.42. The van der Waals surface area contributed by atoms with E-state index >= 15 is 0 Å². The van der Waals surface area contributed by atoms with Crippen molar-refractivity contribution in [2.45, 2.75) is 57.4 Å². The second kappa shape index (κ2) is 9.47. The van der Waals surface area contributed by atoms with Crippen LogP contribution in [0.4, 0.5) is 5.69 Å². The van der Waals surface area contributed by atoms with E-state index in [1.54, 1.807) is 30.1 Å². The van der Waals surface area contributed by atoms with Crippen LogP contribution in [-0.2, 0) is 20.7 Å². The second-order valence-electron chi connectivity index (χ2n) is 7.00. The third-order valence-corrected chi connectivity index (χ3v) is 5.88. The molecular weight excluding hydrogens is 398 g/mol. The third-order valence-electron chi connectivity index (χ3n) is 5.13.